The number of H-pyrrole nitrogens is 1. The monoisotopic (exact) mass is 437 g/mol. The Kier molecular flexibility index (Phi) is 4.75. The van der Waals surface area contributed by atoms with Crippen molar-refractivity contribution in [1.82, 2.24) is 19.9 Å². The maximum absolute atomic E-state index is 12.7. The van der Waals surface area contributed by atoms with Crippen LogP contribution in [0.1, 0.15) is 21.7 Å². The summed E-state index contributed by atoms with van der Waals surface area (Å²) < 4.78 is 38.5. The van der Waals surface area contributed by atoms with Gasteiger partial charge in [0, 0.05) is 0 Å². The third-order valence-corrected chi connectivity index (χ3v) is 5.21. The second-order valence-corrected chi connectivity index (χ2v) is 7.63. The van der Waals surface area contributed by atoms with Crippen molar-refractivity contribution in [3.05, 3.63) is 57.7 Å². The molecule has 0 fully saturated rings. The number of hydrogen-bond acceptors (Lipinski definition) is 5. The van der Waals surface area contributed by atoms with E-state index in [1.807, 2.05) is 24.3 Å². The summed E-state index contributed by atoms with van der Waals surface area (Å²) in [5, 5.41) is 2.73. The summed E-state index contributed by atoms with van der Waals surface area (Å²) in [6, 6.07) is 9.24. The first kappa shape index (κ1) is 19.3. The van der Waals surface area contributed by atoms with Gasteiger partial charge in [0.15, 0.2) is 11.0 Å². The van der Waals surface area contributed by atoms with E-state index in [0.717, 1.165) is 34.5 Å². The maximum Gasteiger partial charge on any atom is 0.433 e. The lowest BCUT2D eigenvalue weighted by Gasteiger charge is -2.09. The third kappa shape index (κ3) is 3.81. The average molecular weight is 438 g/mol. The molecule has 0 saturated heterocycles. The van der Waals surface area contributed by atoms with Crippen molar-refractivity contribution in [3.63, 3.8) is 0 Å². The second kappa shape index (κ2) is 7.12. The molecule has 0 aliphatic rings. The maximum atomic E-state index is 12.7. The second-order valence-electron chi connectivity index (χ2n) is 6.03. The number of amides is 1. The van der Waals surface area contributed by atoms with Gasteiger partial charge in [-0.25, -0.2) is 15.0 Å². The SMILES string of the molecule is Cc1nc(C(F)(F)F)ccc1C(=O)Nc1nc(-c2nc3ccccc3[nH]2)c(Cl)s1. The molecule has 6 nitrogen and oxygen atoms in total. The molecule has 1 amide bonds. The highest BCUT2D eigenvalue weighted by Crippen LogP contribution is 2.35. The number of rotatable bonds is 3. The van der Waals surface area contributed by atoms with E-state index < -0.39 is 17.8 Å². The number of nitrogens with one attached hydrogen (secondary N) is 2. The predicted molar refractivity (Wildman–Crippen MR) is 104 cm³/mol. The van der Waals surface area contributed by atoms with E-state index in [4.69, 9.17) is 11.6 Å². The van der Waals surface area contributed by atoms with Gasteiger partial charge in [-0.2, -0.15) is 13.2 Å². The van der Waals surface area contributed by atoms with Crippen LogP contribution in [0.25, 0.3) is 22.6 Å². The fraction of sp³-hybridized carbons (Fsp3) is 0.111. The Bertz CT molecular complexity index is 1200. The number of hydrogen-bond donors (Lipinski definition) is 2. The molecule has 0 aliphatic heterocycles. The van der Waals surface area contributed by atoms with Gasteiger partial charge in [-0.05, 0) is 31.2 Å². The Morgan fingerprint density at radius 2 is 1.90 bits per heavy atom. The Morgan fingerprint density at radius 3 is 2.59 bits per heavy atom. The number of aryl methyl sites for hydroxylation is 1. The number of benzene rings is 1. The first-order valence-corrected chi connectivity index (χ1v) is 9.39. The molecule has 0 atom stereocenters. The highest BCUT2D eigenvalue weighted by molar-refractivity contribution is 7.20. The van der Waals surface area contributed by atoms with Crippen molar-refractivity contribution < 1.29 is 18.0 Å². The smallest absolute Gasteiger partial charge is 0.337 e. The molecule has 3 heterocycles. The zero-order chi connectivity index (χ0) is 20.8. The third-order valence-electron chi connectivity index (χ3n) is 4.04. The van der Waals surface area contributed by atoms with Crippen LogP contribution in [0, 0.1) is 6.92 Å². The topological polar surface area (TPSA) is 83.6 Å². The summed E-state index contributed by atoms with van der Waals surface area (Å²) in [5.74, 6) is -0.189. The molecule has 0 bridgehead atoms. The van der Waals surface area contributed by atoms with Crippen molar-refractivity contribution in [3.8, 4) is 11.5 Å². The van der Waals surface area contributed by atoms with Gasteiger partial charge in [0.05, 0.1) is 22.3 Å². The number of fused-ring (bicyclic) bond motifs is 1. The molecule has 1 aromatic carbocycles. The number of carbonyl (C=O) groups is 1. The normalized spacial score (nSPS) is 11.8. The van der Waals surface area contributed by atoms with E-state index in [1.165, 1.54) is 6.92 Å². The summed E-state index contributed by atoms with van der Waals surface area (Å²) in [6.07, 6.45) is -4.58. The summed E-state index contributed by atoms with van der Waals surface area (Å²) in [6.45, 7) is 1.33. The highest BCUT2D eigenvalue weighted by Gasteiger charge is 2.33. The summed E-state index contributed by atoms with van der Waals surface area (Å²) >= 11 is 7.26. The Hall–Kier alpha value is -2.98. The molecule has 0 saturated carbocycles. The van der Waals surface area contributed by atoms with Crippen LogP contribution in [-0.2, 0) is 6.18 Å². The Morgan fingerprint density at radius 1 is 1.14 bits per heavy atom. The highest BCUT2D eigenvalue weighted by atomic mass is 35.5. The van der Waals surface area contributed by atoms with Crippen molar-refractivity contribution in [2.45, 2.75) is 13.1 Å². The minimum Gasteiger partial charge on any atom is -0.337 e. The summed E-state index contributed by atoms with van der Waals surface area (Å²) in [4.78, 5) is 27.7. The largest absolute Gasteiger partial charge is 0.433 e. The molecule has 0 spiro atoms. The van der Waals surface area contributed by atoms with E-state index in [0.29, 0.717) is 15.9 Å². The van der Waals surface area contributed by atoms with Gasteiger partial charge in [-0.1, -0.05) is 35.1 Å². The zero-order valence-electron chi connectivity index (χ0n) is 14.6. The number of aromatic nitrogens is 4. The van der Waals surface area contributed by atoms with Crippen molar-refractivity contribution in [1.29, 1.82) is 0 Å². The van der Waals surface area contributed by atoms with Crippen LogP contribution in [0.3, 0.4) is 0 Å². The van der Waals surface area contributed by atoms with E-state index >= 15 is 0 Å². The van der Waals surface area contributed by atoms with Crippen molar-refractivity contribution >= 4 is 45.0 Å². The minimum atomic E-state index is -4.58. The molecule has 0 radical (unpaired) electrons. The molecular weight excluding hydrogens is 427 g/mol. The number of aromatic amines is 1. The fourth-order valence-electron chi connectivity index (χ4n) is 2.69. The van der Waals surface area contributed by atoms with E-state index in [-0.39, 0.29) is 16.4 Å². The molecule has 4 aromatic rings. The molecule has 148 valence electrons. The fourth-order valence-corrected chi connectivity index (χ4v) is 3.73. The van der Waals surface area contributed by atoms with E-state index in [2.05, 4.69) is 25.3 Å². The van der Waals surface area contributed by atoms with Gasteiger partial charge in [-0.3, -0.25) is 10.1 Å². The van der Waals surface area contributed by atoms with Crippen LogP contribution in [0.2, 0.25) is 4.34 Å². The molecule has 0 unspecified atom stereocenters. The lowest BCUT2D eigenvalue weighted by atomic mass is 10.1. The minimum absolute atomic E-state index is 0.00890. The van der Waals surface area contributed by atoms with Gasteiger partial charge >= 0.3 is 6.18 Å². The summed E-state index contributed by atoms with van der Waals surface area (Å²) in [7, 11) is 0. The molecular formula is C18H11ClF3N5OS. The van der Waals surface area contributed by atoms with Gasteiger partial charge in [0.2, 0.25) is 0 Å². The van der Waals surface area contributed by atoms with Crippen LogP contribution >= 0.6 is 22.9 Å². The predicted octanol–water partition coefficient (Wildman–Crippen LogP) is 5.31. The number of nitrogens with zero attached hydrogens (tertiary/aromatic N) is 3. The number of imidazole rings is 1. The van der Waals surface area contributed by atoms with Crippen molar-refractivity contribution in [2.24, 2.45) is 0 Å². The lowest BCUT2D eigenvalue weighted by Crippen LogP contribution is -2.16. The van der Waals surface area contributed by atoms with Crippen molar-refractivity contribution in [2.75, 3.05) is 5.32 Å². The van der Waals surface area contributed by atoms with Crippen LogP contribution in [0.5, 0.6) is 0 Å². The van der Waals surface area contributed by atoms with Gasteiger partial charge in [-0.15, -0.1) is 0 Å². The van der Waals surface area contributed by atoms with E-state index in [1.54, 1.807) is 0 Å². The van der Waals surface area contributed by atoms with E-state index in [9.17, 15) is 18.0 Å². The number of carbonyl (C=O) groups excluding carboxylic acids is 1. The molecule has 0 aliphatic carbocycles. The molecule has 11 heteroatoms. The average Bonchev–Trinajstić information content (AvgIpc) is 3.23. The van der Waals surface area contributed by atoms with Gasteiger partial charge in [0.1, 0.15) is 15.7 Å². The van der Waals surface area contributed by atoms with Crippen LogP contribution in [0.4, 0.5) is 18.3 Å². The lowest BCUT2D eigenvalue weighted by molar-refractivity contribution is -0.141. The van der Waals surface area contributed by atoms with Gasteiger partial charge in [0.25, 0.3) is 5.91 Å². The Balaban J connectivity index is 1.59. The Labute approximate surface area is 170 Å². The number of anilines is 1. The standard InChI is InChI=1S/C18H11ClF3N5OS/c1-8-9(6-7-12(23-8)18(20,21)22)16(28)27-17-26-13(14(19)29-17)15-24-10-4-2-3-5-11(10)25-15/h2-7H,1H3,(H,24,25)(H,26,27,28). The number of thiazole rings is 1. The molecule has 2 N–H and O–H groups in total. The number of halogens is 4. The first-order chi connectivity index (χ1) is 13.7. The number of alkyl halides is 3. The van der Waals surface area contributed by atoms with Crippen LogP contribution < -0.4 is 5.32 Å². The van der Waals surface area contributed by atoms with Crippen LogP contribution in [0.15, 0.2) is 36.4 Å². The molecule has 3 aromatic heterocycles. The first-order valence-electron chi connectivity index (χ1n) is 8.20. The zero-order valence-corrected chi connectivity index (χ0v) is 16.2. The van der Waals surface area contributed by atoms with Gasteiger partial charge < -0.3 is 4.98 Å². The number of para-hydroxylation sites is 2. The van der Waals surface area contributed by atoms with Crippen LogP contribution in [-0.4, -0.2) is 25.8 Å². The summed E-state index contributed by atoms with van der Waals surface area (Å²) in [5.41, 5.74) is 0.820. The molecule has 4 rings (SSSR count). The number of pyridine rings is 1. The molecule has 29 heavy (non-hydrogen) atoms. The quantitative estimate of drug-likeness (QED) is 0.454.